The summed E-state index contributed by atoms with van der Waals surface area (Å²) in [6.45, 7) is 0. The van der Waals surface area contributed by atoms with E-state index in [2.05, 4.69) is 36.8 Å². The molecule has 6 heteroatoms. The monoisotopic (exact) mass is 292 g/mol. The molecular formula is C11H9BrN4O. The first-order chi connectivity index (χ1) is 8.25. The third-order valence-corrected chi connectivity index (χ3v) is 3.36. The van der Waals surface area contributed by atoms with Crippen molar-refractivity contribution in [3.63, 3.8) is 0 Å². The molecule has 1 aliphatic rings. The van der Waals surface area contributed by atoms with E-state index in [1.165, 1.54) is 0 Å². The summed E-state index contributed by atoms with van der Waals surface area (Å²) < 4.78 is 0.870. The Kier molecular flexibility index (Phi) is 2.36. The fraction of sp³-hybridized carbons (Fsp3) is 0.0909. The maximum atomic E-state index is 11.6. The summed E-state index contributed by atoms with van der Waals surface area (Å²) in [5.74, 6) is 0. The van der Waals surface area contributed by atoms with Gasteiger partial charge in [-0.2, -0.15) is 5.10 Å². The minimum atomic E-state index is -0.219. The second-order valence-electron chi connectivity index (χ2n) is 3.75. The lowest BCUT2D eigenvalue weighted by atomic mass is 10.00. The minimum absolute atomic E-state index is 0.196. The Morgan fingerprint density at radius 3 is 2.94 bits per heavy atom. The molecule has 1 unspecified atom stereocenters. The largest absolute Gasteiger partial charge is 0.325 e. The van der Waals surface area contributed by atoms with Gasteiger partial charge in [-0.25, -0.2) is 4.79 Å². The number of nitrogens with one attached hydrogen (secondary N) is 3. The smallest absolute Gasteiger partial charge is 0.320 e. The van der Waals surface area contributed by atoms with E-state index in [9.17, 15) is 4.79 Å². The van der Waals surface area contributed by atoms with Crippen LogP contribution in [0.2, 0.25) is 0 Å². The van der Waals surface area contributed by atoms with Gasteiger partial charge in [0.2, 0.25) is 0 Å². The zero-order valence-corrected chi connectivity index (χ0v) is 10.3. The number of hydrogen-bond donors (Lipinski definition) is 3. The number of hydrogen-bond acceptors (Lipinski definition) is 2. The van der Waals surface area contributed by atoms with E-state index in [1.807, 2.05) is 24.3 Å². The number of rotatable bonds is 1. The topological polar surface area (TPSA) is 69.8 Å². The Balaban J connectivity index is 2.15. The molecule has 1 atom stereocenters. The Morgan fingerprint density at radius 2 is 2.18 bits per heavy atom. The lowest BCUT2D eigenvalue weighted by molar-refractivity contribution is 0.248. The molecule has 0 saturated heterocycles. The number of carbonyl (C=O) groups is 1. The number of anilines is 1. The third kappa shape index (κ3) is 1.70. The normalized spacial score (nSPS) is 18.2. The Morgan fingerprint density at radius 1 is 1.29 bits per heavy atom. The number of halogens is 1. The predicted octanol–water partition coefficient (Wildman–Crippen LogP) is 2.40. The molecule has 2 aromatic rings. The highest BCUT2D eigenvalue weighted by Gasteiger charge is 2.27. The van der Waals surface area contributed by atoms with Crippen molar-refractivity contribution in [3.05, 3.63) is 46.2 Å². The van der Waals surface area contributed by atoms with Crippen LogP contribution in [0.4, 0.5) is 10.5 Å². The van der Waals surface area contributed by atoms with Crippen molar-refractivity contribution in [2.24, 2.45) is 0 Å². The van der Waals surface area contributed by atoms with Crippen LogP contribution in [-0.2, 0) is 0 Å². The number of urea groups is 1. The van der Waals surface area contributed by atoms with Gasteiger partial charge in [0.15, 0.2) is 0 Å². The van der Waals surface area contributed by atoms with E-state index in [1.54, 1.807) is 6.20 Å². The maximum absolute atomic E-state index is 11.6. The Hall–Kier alpha value is -1.82. The predicted molar refractivity (Wildman–Crippen MR) is 66.7 cm³/mol. The molecule has 3 N–H and O–H groups in total. The summed E-state index contributed by atoms with van der Waals surface area (Å²) in [5.41, 5.74) is 2.67. The molecule has 0 radical (unpaired) electrons. The molecule has 0 aliphatic carbocycles. The number of carbonyl (C=O) groups excluding carboxylic acids is 1. The standard InChI is InChI=1S/C11H9BrN4O/c12-7-3-1-2-6-9(7)14-11(17)15-10(6)8-4-5-13-16-8/h1-5,10H,(H,13,16)(H2,14,15,17). The molecule has 86 valence electrons. The number of fused-ring (bicyclic) bond motifs is 1. The molecule has 2 heterocycles. The van der Waals surface area contributed by atoms with Crippen LogP contribution in [0.5, 0.6) is 0 Å². The SMILES string of the molecule is O=C1Nc2c(Br)cccc2C(c2ccn[nH]2)N1. The molecule has 17 heavy (non-hydrogen) atoms. The van der Waals surface area contributed by atoms with Crippen LogP contribution in [0.25, 0.3) is 0 Å². The van der Waals surface area contributed by atoms with Gasteiger partial charge in [0.05, 0.1) is 17.4 Å². The molecule has 0 saturated carbocycles. The Bertz CT molecular complexity index is 567. The summed E-state index contributed by atoms with van der Waals surface area (Å²) in [5, 5.41) is 12.4. The first kappa shape index (κ1) is 10.3. The van der Waals surface area contributed by atoms with E-state index >= 15 is 0 Å². The van der Waals surface area contributed by atoms with Crippen molar-refractivity contribution in [2.75, 3.05) is 5.32 Å². The average molecular weight is 293 g/mol. The second-order valence-corrected chi connectivity index (χ2v) is 4.60. The van der Waals surface area contributed by atoms with Gasteiger partial charge < -0.3 is 10.6 Å². The van der Waals surface area contributed by atoms with Gasteiger partial charge in [0.1, 0.15) is 0 Å². The zero-order valence-electron chi connectivity index (χ0n) is 8.70. The van der Waals surface area contributed by atoms with Crippen LogP contribution in [-0.4, -0.2) is 16.2 Å². The molecule has 3 rings (SSSR count). The fourth-order valence-electron chi connectivity index (χ4n) is 1.94. The fourth-order valence-corrected chi connectivity index (χ4v) is 2.43. The van der Waals surface area contributed by atoms with Crippen LogP contribution in [0, 0.1) is 0 Å². The molecule has 1 aliphatic heterocycles. The van der Waals surface area contributed by atoms with Gasteiger partial charge in [-0.15, -0.1) is 0 Å². The number of benzene rings is 1. The van der Waals surface area contributed by atoms with Crippen LogP contribution < -0.4 is 10.6 Å². The average Bonchev–Trinajstić information content (AvgIpc) is 2.83. The van der Waals surface area contributed by atoms with Crippen molar-refractivity contribution in [3.8, 4) is 0 Å². The molecular weight excluding hydrogens is 284 g/mol. The van der Waals surface area contributed by atoms with E-state index in [0.717, 1.165) is 21.4 Å². The van der Waals surface area contributed by atoms with Gasteiger partial charge in [-0.05, 0) is 28.1 Å². The highest BCUT2D eigenvalue weighted by atomic mass is 79.9. The van der Waals surface area contributed by atoms with E-state index in [4.69, 9.17) is 0 Å². The van der Waals surface area contributed by atoms with Crippen LogP contribution in [0.1, 0.15) is 17.3 Å². The van der Waals surface area contributed by atoms with Crippen LogP contribution in [0.3, 0.4) is 0 Å². The van der Waals surface area contributed by atoms with Crippen molar-refractivity contribution >= 4 is 27.6 Å². The number of para-hydroxylation sites is 1. The summed E-state index contributed by atoms with van der Waals surface area (Å²) in [6, 6.07) is 7.24. The zero-order chi connectivity index (χ0) is 11.8. The number of amides is 2. The second kappa shape index (κ2) is 3.89. The first-order valence-corrected chi connectivity index (χ1v) is 5.90. The number of H-pyrrole nitrogens is 1. The molecule has 0 fully saturated rings. The summed E-state index contributed by atoms with van der Waals surface area (Å²) in [6.07, 6.45) is 1.67. The van der Waals surface area contributed by atoms with E-state index < -0.39 is 0 Å². The van der Waals surface area contributed by atoms with Gasteiger partial charge in [0, 0.05) is 16.2 Å². The molecule has 5 nitrogen and oxygen atoms in total. The van der Waals surface area contributed by atoms with Gasteiger partial charge in [-0.1, -0.05) is 12.1 Å². The Labute approximate surface area is 106 Å². The van der Waals surface area contributed by atoms with Gasteiger partial charge in [0.25, 0.3) is 0 Å². The summed E-state index contributed by atoms with van der Waals surface area (Å²) >= 11 is 3.43. The van der Waals surface area contributed by atoms with Crippen molar-refractivity contribution in [1.82, 2.24) is 15.5 Å². The van der Waals surface area contributed by atoms with Crippen molar-refractivity contribution < 1.29 is 4.79 Å². The first-order valence-electron chi connectivity index (χ1n) is 5.11. The van der Waals surface area contributed by atoms with Crippen molar-refractivity contribution in [2.45, 2.75) is 6.04 Å². The third-order valence-electron chi connectivity index (χ3n) is 2.70. The molecule has 0 bridgehead atoms. The van der Waals surface area contributed by atoms with E-state index in [0.29, 0.717) is 0 Å². The van der Waals surface area contributed by atoms with Crippen LogP contribution >= 0.6 is 15.9 Å². The van der Waals surface area contributed by atoms with Crippen molar-refractivity contribution in [1.29, 1.82) is 0 Å². The molecule has 0 spiro atoms. The number of nitrogens with zero attached hydrogens (tertiary/aromatic N) is 1. The molecule has 1 aromatic heterocycles. The highest BCUT2D eigenvalue weighted by molar-refractivity contribution is 9.10. The van der Waals surface area contributed by atoms with Gasteiger partial charge >= 0.3 is 6.03 Å². The highest BCUT2D eigenvalue weighted by Crippen LogP contribution is 2.35. The quantitative estimate of drug-likeness (QED) is 0.755. The van der Waals surface area contributed by atoms with E-state index in [-0.39, 0.29) is 12.1 Å². The minimum Gasteiger partial charge on any atom is -0.325 e. The summed E-state index contributed by atoms with van der Waals surface area (Å²) in [4.78, 5) is 11.6. The lowest BCUT2D eigenvalue weighted by Crippen LogP contribution is -2.38. The van der Waals surface area contributed by atoms with Gasteiger partial charge in [-0.3, -0.25) is 5.10 Å². The number of aromatic nitrogens is 2. The maximum Gasteiger partial charge on any atom is 0.320 e. The lowest BCUT2D eigenvalue weighted by Gasteiger charge is -2.27. The number of aromatic amines is 1. The molecule has 1 aromatic carbocycles. The summed E-state index contributed by atoms with van der Waals surface area (Å²) in [7, 11) is 0. The van der Waals surface area contributed by atoms with Crippen LogP contribution in [0.15, 0.2) is 34.9 Å². The molecule has 2 amide bonds.